The van der Waals surface area contributed by atoms with Crippen LogP contribution in [-0.2, 0) is 0 Å². The Balaban J connectivity index is 1.25. The van der Waals surface area contributed by atoms with Crippen LogP contribution in [0.2, 0.25) is 0 Å². The van der Waals surface area contributed by atoms with Crippen LogP contribution in [-0.4, -0.2) is 9.13 Å². The van der Waals surface area contributed by atoms with E-state index in [1.54, 1.807) is 0 Å². The SMILES string of the molecule is c1ccc(C2=C3C(=C(C4CCCCC4)c4cc5c6ccccc6c6ccccc6c5cc43)C(n3c4ccccc4c4ccccc43)=C2n2c3ccccc3c3ccccc32)cc1. The maximum atomic E-state index is 2.66. The highest BCUT2D eigenvalue weighted by Crippen LogP contribution is 2.63. The summed E-state index contributed by atoms with van der Waals surface area (Å²) in [6.45, 7) is 0. The fourth-order valence-electron chi connectivity index (χ4n) is 12.1. The highest BCUT2D eigenvalue weighted by atomic mass is 15.1. The molecule has 2 heterocycles. The normalized spacial score (nSPS) is 15.8. The first-order chi connectivity index (χ1) is 30.8. The largest absolute Gasteiger partial charge is 0.307 e. The number of nitrogens with zero attached hydrogens (tertiary/aromatic N) is 2. The zero-order valence-corrected chi connectivity index (χ0v) is 34.4. The average molecular weight is 791 g/mol. The quantitative estimate of drug-likeness (QED) is 0.157. The van der Waals surface area contributed by atoms with Crippen LogP contribution in [0.5, 0.6) is 0 Å². The molecule has 0 spiro atoms. The number of allylic oxidation sites excluding steroid dienone is 6. The van der Waals surface area contributed by atoms with Gasteiger partial charge in [0, 0.05) is 38.3 Å². The molecule has 14 rings (SSSR count). The molecule has 3 aliphatic rings. The minimum absolute atomic E-state index is 0.441. The lowest BCUT2D eigenvalue weighted by Crippen LogP contribution is -2.11. The summed E-state index contributed by atoms with van der Waals surface area (Å²) in [6.07, 6.45) is 6.23. The van der Waals surface area contributed by atoms with Crippen LogP contribution in [0.3, 0.4) is 0 Å². The highest BCUT2D eigenvalue weighted by molar-refractivity contribution is 6.38. The summed E-state index contributed by atoms with van der Waals surface area (Å²) in [4.78, 5) is 0. The van der Waals surface area contributed by atoms with E-state index in [9.17, 15) is 0 Å². The van der Waals surface area contributed by atoms with E-state index in [0.717, 1.165) is 0 Å². The van der Waals surface area contributed by atoms with Crippen molar-refractivity contribution in [2.45, 2.75) is 32.1 Å². The number of rotatable bonds is 4. The van der Waals surface area contributed by atoms with Crippen LogP contribution < -0.4 is 0 Å². The van der Waals surface area contributed by atoms with Gasteiger partial charge in [-0.3, -0.25) is 0 Å². The van der Waals surface area contributed by atoms with Crippen molar-refractivity contribution in [2.24, 2.45) is 5.92 Å². The molecule has 0 aliphatic heterocycles. The van der Waals surface area contributed by atoms with Gasteiger partial charge in [-0.25, -0.2) is 0 Å². The number of para-hydroxylation sites is 4. The van der Waals surface area contributed by atoms with Crippen molar-refractivity contribution < 1.29 is 0 Å². The molecule has 292 valence electrons. The molecule has 0 N–H and O–H groups in total. The van der Waals surface area contributed by atoms with Crippen molar-refractivity contribution >= 4 is 104 Å². The molecule has 2 heteroatoms. The van der Waals surface area contributed by atoms with Crippen molar-refractivity contribution in [3.63, 3.8) is 0 Å². The molecular formula is C60H42N2. The third kappa shape index (κ3) is 4.59. The Hall–Kier alpha value is -7.42. The summed E-state index contributed by atoms with van der Waals surface area (Å²) in [7, 11) is 0. The first kappa shape index (κ1) is 34.3. The number of hydrogen-bond donors (Lipinski definition) is 0. The molecule has 0 radical (unpaired) electrons. The zero-order chi connectivity index (χ0) is 40.5. The first-order valence-corrected chi connectivity index (χ1v) is 22.5. The molecule has 3 aliphatic carbocycles. The molecule has 1 fully saturated rings. The lowest BCUT2D eigenvalue weighted by atomic mass is 9.79. The maximum Gasteiger partial charge on any atom is 0.0794 e. The highest BCUT2D eigenvalue weighted by Gasteiger charge is 2.44. The lowest BCUT2D eigenvalue weighted by molar-refractivity contribution is 0.429. The van der Waals surface area contributed by atoms with Crippen molar-refractivity contribution in [3.8, 4) is 0 Å². The van der Waals surface area contributed by atoms with Crippen molar-refractivity contribution in [3.05, 3.63) is 210 Å². The van der Waals surface area contributed by atoms with Gasteiger partial charge in [0.1, 0.15) is 0 Å². The van der Waals surface area contributed by atoms with Gasteiger partial charge in [0.2, 0.25) is 0 Å². The lowest BCUT2D eigenvalue weighted by Gasteiger charge is -2.27. The molecule has 2 nitrogen and oxygen atoms in total. The molecule has 1 saturated carbocycles. The predicted molar refractivity (Wildman–Crippen MR) is 264 cm³/mol. The third-order valence-corrected chi connectivity index (χ3v) is 14.6. The fourth-order valence-corrected chi connectivity index (χ4v) is 12.1. The zero-order valence-electron chi connectivity index (χ0n) is 34.4. The fraction of sp³-hybridized carbons (Fsp3) is 0.100. The standard InChI is InChI=1S/C60H42N2/c1-3-19-37(20-4-1)55-49-35-47-41-25-9-7-23-39(41)40-24-8-10-26-42(40)48(47)36-50(49)57-56(38-21-5-2-6-22-38)59(61-51-31-15-11-27-43(51)44-28-12-16-32-52(44)61)60(58(55)57)62-53-33-17-13-29-45(53)46-30-14-18-34-54(46)62/h2,5-18,21-37H,1,3-4,19-20H2. The minimum atomic E-state index is 0.441. The Morgan fingerprint density at radius 2 is 0.677 bits per heavy atom. The monoisotopic (exact) mass is 790 g/mol. The summed E-state index contributed by atoms with van der Waals surface area (Å²) in [5.74, 6) is 0.441. The van der Waals surface area contributed by atoms with Crippen LogP contribution >= 0.6 is 0 Å². The van der Waals surface area contributed by atoms with Gasteiger partial charge in [-0.1, -0.05) is 171 Å². The molecule has 62 heavy (non-hydrogen) atoms. The second-order valence-electron chi connectivity index (χ2n) is 17.7. The summed E-state index contributed by atoms with van der Waals surface area (Å²) in [5, 5.41) is 13.1. The Morgan fingerprint density at radius 3 is 1.15 bits per heavy atom. The van der Waals surface area contributed by atoms with Crippen LogP contribution in [0, 0.1) is 5.92 Å². The van der Waals surface area contributed by atoms with Crippen LogP contribution in [0.25, 0.3) is 104 Å². The second-order valence-corrected chi connectivity index (χ2v) is 17.7. The van der Waals surface area contributed by atoms with Crippen LogP contribution in [0.15, 0.2) is 194 Å². The van der Waals surface area contributed by atoms with E-state index >= 15 is 0 Å². The van der Waals surface area contributed by atoms with Gasteiger partial charge < -0.3 is 9.13 Å². The molecule has 0 amide bonds. The Labute approximate surface area is 360 Å². The smallest absolute Gasteiger partial charge is 0.0794 e. The van der Waals surface area contributed by atoms with E-state index in [4.69, 9.17) is 0 Å². The average Bonchev–Trinajstić information content (AvgIpc) is 4.06. The van der Waals surface area contributed by atoms with Gasteiger partial charge in [-0.05, 0) is 110 Å². The number of fused-ring (bicyclic) bond motifs is 15. The summed E-state index contributed by atoms with van der Waals surface area (Å²) < 4.78 is 5.29. The van der Waals surface area contributed by atoms with E-state index in [1.165, 1.54) is 158 Å². The molecule has 9 aromatic carbocycles. The van der Waals surface area contributed by atoms with Gasteiger partial charge in [-0.2, -0.15) is 0 Å². The minimum Gasteiger partial charge on any atom is -0.307 e. The molecule has 2 aromatic heterocycles. The number of aromatic nitrogens is 2. The van der Waals surface area contributed by atoms with Gasteiger partial charge in [0.05, 0.1) is 33.5 Å². The second kappa shape index (κ2) is 13.0. The van der Waals surface area contributed by atoms with Gasteiger partial charge in [0.15, 0.2) is 0 Å². The summed E-state index contributed by atoms with van der Waals surface area (Å²) in [5.41, 5.74) is 17.1. The molecule has 0 atom stereocenters. The van der Waals surface area contributed by atoms with Crippen LogP contribution in [0.4, 0.5) is 0 Å². The Kier molecular flexibility index (Phi) is 7.22. The van der Waals surface area contributed by atoms with E-state index < -0.39 is 0 Å². The Morgan fingerprint density at radius 1 is 0.306 bits per heavy atom. The van der Waals surface area contributed by atoms with Crippen LogP contribution in [0.1, 0.15) is 48.8 Å². The van der Waals surface area contributed by atoms with E-state index in [1.807, 2.05) is 0 Å². The van der Waals surface area contributed by atoms with Gasteiger partial charge in [0.25, 0.3) is 0 Å². The maximum absolute atomic E-state index is 2.66. The van der Waals surface area contributed by atoms with E-state index in [2.05, 4.69) is 197 Å². The van der Waals surface area contributed by atoms with Gasteiger partial charge in [-0.15, -0.1) is 0 Å². The number of hydrogen-bond acceptors (Lipinski definition) is 0. The number of benzene rings is 9. The molecule has 0 bridgehead atoms. The Bertz CT molecular complexity index is 3720. The first-order valence-electron chi connectivity index (χ1n) is 22.5. The predicted octanol–water partition coefficient (Wildman–Crippen LogP) is 16.2. The third-order valence-electron chi connectivity index (χ3n) is 14.6. The molecule has 11 aromatic rings. The topological polar surface area (TPSA) is 9.86 Å². The molecule has 0 saturated heterocycles. The van der Waals surface area contributed by atoms with Gasteiger partial charge >= 0.3 is 0 Å². The summed E-state index contributed by atoms with van der Waals surface area (Å²) in [6, 6.07) is 71.0. The van der Waals surface area contributed by atoms with E-state index in [-0.39, 0.29) is 0 Å². The summed E-state index contributed by atoms with van der Waals surface area (Å²) >= 11 is 0. The van der Waals surface area contributed by atoms with Crippen molar-refractivity contribution in [1.82, 2.24) is 9.13 Å². The molecular weight excluding hydrogens is 749 g/mol. The van der Waals surface area contributed by atoms with Crippen molar-refractivity contribution in [2.75, 3.05) is 0 Å². The van der Waals surface area contributed by atoms with E-state index in [0.29, 0.717) is 5.92 Å². The molecule has 0 unspecified atom stereocenters. The van der Waals surface area contributed by atoms with Crippen molar-refractivity contribution in [1.29, 1.82) is 0 Å².